The van der Waals surface area contributed by atoms with Crippen LogP contribution in [0, 0.1) is 0 Å². The summed E-state index contributed by atoms with van der Waals surface area (Å²) in [6.45, 7) is 0. The summed E-state index contributed by atoms with van der Waals surface area (Å²) in [5.41, 5.74) is 4.07. The van der Waals surface area contributed by atoms with Gasteiger partial charge in [-0.1, -0.05) is 12.1 Å². The zero-order chi connectivity index (χ0) is 13.1. The standard InChI is InChI=1S/C16H18N2O/c1-19-16-8-4-7-15(18-16)17-14-10-9-12-5-2-3-6-13(12)11-14/h4,7-11H,2-3,5-6H2,1H3,(H,17,18). The average Bonchev–Trinajstić information content (AvgIpc) is 2.47. The van der Waals surface area contributed by atoms with Gasteiger partial charge in [-0.2, -0.15) is 4.98 Å². The molecule has 0 aliphatic heterocycles. The third-order valence-corrected chi connectivity index (χ3v) is 3.55. The normalized spacial score (nSPS) is 13.7. The van der Waals surface area contributed by atoms with Crippen molar-refractivity contribution in [3.8, 4) is 5.88 Å². The van der Waals surface area contributed by atoms with Crippen LogP contribution in [0.2, 0.25) is 0 Å². The molecule has 0 atom stereocenters. The van der Waals surface area contributed by atoms with Gasteiger partial charge in [0, 0.05) is 11.8 Å². The fourth-order valence-corrected chi connectivity index (χ4v) is 2.56. The first-order valence-corrected chi connectivity index (χ1v) is 6.75. The van der Waals surface area contributed by atoms with E-state index in [2.05, 4.69) is 28.5 Å². The van der Waals surface area contributed by atoms with Crippen molar-refractivity contribution in [2.45, 2.75) is 25.7 Å². The predicted molar refractivity (Wildman–Crippen MR) is 77.2 cm³/mol. The van der Waals surface area contributed by atoms with Gasteiger partial charge in [0.2, 0.25) is 5.88 Å². The van der Waals surface area contributed by atoms with E-state index in [4.69, 9.17) is 4.74 Å². The van der Waals surface area contributed by atoms with Crippen molar-refractivity contribution in [1.29, 1.82) is 0 Å². The van der Waals surface area contributed by atoms with Gasteiger partial charge < -0.3 is 10.1 Å². The van der Waals surface area contributed by atoms with Gasteiger partial charge in [-0.15, -0.1) is 0 Å². The third kappa shape index (κ3) is 2.70. The van der Waals surface area contributed by atoms with Gasteiger partial charge in [0.25, 0.3) is 0 Å². The predicted octanol–water partition coefficient (Wildman–Crippen LogP) is 3.71. The fourth-order valence-electron chi connectivity index (χ4n) is 2.56. The summed E-state index contributed by atoms with van der Waals surface area (Å²) >= 11 is 0. The van der Waals surface area contributed by atoms with Crippen LogP contribution in [-0.2, 0) is 12.8 Å². The number of methoxy groups -OCH3 is 1. The minimum absolute atomic E-state index is 0.628. The average molecular weight is 254 g/mol. The van der Waals surface area contributed by atoms with E-state index in [1.165, 1.54) is 36.8 Å². The molecule has 3 rings (SSSR count). The molecule has 1 aromatic heterocycles. The van der Waals surface area contributed by atoms with E-state index in [0.29, 0.717) is 5.88 Å². The molecule has 0 spiro atoms. The molecule has 98 valence electrons. The number of nitrogens with zero attached hydrogens (tertiary/aromatic N) is 1. The Morgan fingerprint density at radius 2 is 1.89 bits per heavy atom. The molecule has 0 radical (unpaired) electrons. The number of benzene rings is 1. The van der Waals surface area contributed by atoms with E-state index in [0.717, 1.165) is 11.5 Å². The first-order chi connectivity index (χ1) is 9.35. The number of nitrogens with one attached hydrogen (secondary N) is 1. The lowest BCUT2D eigenvalue weighted by molar-refractivity contribution is 0.398. The van der Waals surface area contributed by atoms with Gasteiger partial charge in [0.05, 0.1) is 7.11 Å². The SMILES string of the molecule is COc1cccc(Nc2ccc3c(c2)CCCC3)n1. The van der Waals surface area contributed by atoms with Crippen LogP contribution < -0.4 is 10.1 Å². The second-order valence-electron chi connectivity index (χ2n) is 4.88. The minimum atomic E-state index is 0.628. The van der Waals surface area contributed by atoms with Crippen molar-refractivity contribution in [1.82, 2.24) is 4.98 Å². The Balaban J connectivity index is 1.82. The maximum Gasteiger partial charge on any atom is 0.214 e. The highest BCUT2D eigenvalue weighted by Gasteiger charge is 2.09. The summed E-state index contributed by atoms with van der Waals surface area (Å²) in [5, 5.41) is 3.34. The van der Waals surface area contributed by atoms with E-state index in [1.54, 1.807) is 7.11 Å². The molecule has 0 amide bonds. The largest absolute Gasteiger partial charge is 0.481 e. The maximum absolute atomic E-state index is 5.13. The molecule has 0 saturated heterocycles. The first-order valence-electron chi connectivity index (χ1n) is 6.75. The van der Waals surface area contributed by atoms with E-state index in [9.17, 15) is 0 Å². The van der Waals surface area contributed by atoms with Crippen molar-refractivity contribution in [3.63, 3.8) is 0 Å². The number of anilines is 2. The molecule has 1 aliphatic carbocycles. The summed E-state index contributed by atoms with van der Waals surface area (Å²) < 4.78 is 5.13. The highest BCUT2D eigenvalue weighted by atomic mass is 16.5. The molecule has 0 unspecified atom stereocenters. The molecule has 0 bridgehead atoms. The van der Waals surface area contributed by atoms with E-state index in [-0.39, 0.29) is 0 Å². The molecule has 1 aromatic carbocycles. The Bertz CT molecular complexity index is 581. The monoisotopic (exact) mass is 254 g/mol. The molecule has 19 heavy (non-hydrogen) atoms. The van der Waals surface area contributed by atoms with Crippen LogP contribution in [0.3, 0.4) is 0 Å². The maximum atomic E-state index is 5.13. The summed E-state index contributed by atoms with van der Waals surface area (Å²) in [7, 11) is 1.63. The number of rotatable bonds is 3. The number of ether oxygens (including phenoxy) is 1. The molecule has 0 saturated carbocycles. The van der Waals surface area contributed by atoms with Crippen LogP contribution in [0.15, 0.2) is 36.4 Å². The zero-order valence-corrected chi connectivity index (χ0v) is 11.1. The molecular weight excluding hydrogens is 236 g/mol. The number of pyridine rings is 1. The number of aromatic nitrogens is 1. The summed E-state index contributed by atoms with van der Waals surface area (Å²) in [4.78, 5) is 4.37. The molecular formula is C16H18N2O. The second-order valence-corrected chi connectivity index (χ2v) is 4.88. The number of aryl methyl sites for hydroxylation is 2. The van der Waals surface area contributed by atoms with E-state index < -0.39 is 0 Å². The lowest BCUT2D eigenvalue weighted by Crippen LogP contribution is -2.03. The lowest BCUT2D eigenvalue weighted by atomic mass is 9.91. The fraction of sp³-hybridized carbons (Fsp3) is 0.312. The van der Waals surface area contributed by atoms with Crippen LogP contribution in [0.1, 0.15) is 24.0 Å². The van der Waals surface area contributed by atoms with Crippen molar-refractivity contribution in [2.24, 2.45) is 0 Å². The molecule has 2 aromatic rings. The molecule has 1 heterocycles. The van der Waals surface area contributed by atoms with E-state index >= 15 is 0 Å². The minimum Gasteiger partial charge on any atom is -0.481 e. The van der Waals surface area contributed by atoms with Gasteiger partial charge in [0.1, 0.15) is 5.82 Å². The van der Waals surface area contributed by atoms with Gasteiger partial charge in [-0.05, 0) is 55.0 Å². The Morgan fingerprint density at radius 1 is 1.05 bits per heavy atom. The highest BCUT2D eigenvalue weighted by Crippen LogP contribution is 2.26. The quantitative estimate of drug-likeness (QED) is 0.906. The number of fused-ring (bicyclic) bond motifs is 1. The van der Waals surface area contributed by atoms with Crippen LogP contribution >= 0.6 is 0 Å². The molecule has 1 aliphatic rings. The van der Waals surface area contributed by atoms with E-state index in [1.807, 2.05) is 18.2 Å². The van der Waals surface area contributed by atoms with Gasteiger partial charge in [-0.25, -0.2) is 0 Å². The van der Waals surface area contributed by atoms with Crippen molar-refractivity contribution < 1.29 is 4.74 Å². The summed E-state index contributed by atoms with van der Waals surface area (Å²) in [5.74, 6) is 1.44. The topological polar surface area (TPSA) is 34.1 Å². The van der Waals surface area contributed by atoms with Crippen molar-refractivity contribution in [2.75, 3.05) is 12.4 Å². The zero-order valence-electron chi connectivity index (χ0n) is 11.1. The second kappa shape index (κ2) is 5.31. The molecule has 3 heteroatoms. The lowest BCUT2D eigenvalue weighted by Gasteiger charge is -2.17. The van der Waals surface area contributed by atoms with Crippen molar-refractivity contribution in [3.05, 3.63) is 47.5 Å². The number of hydrogen-bond acceptors (Lipinski definition) is 3. The Labute approximate surface area is 113 Å². The van der Waals surface area contributed by atoms with Crippen LogP contribution in [-0.4, -0.2) is 12.1 Å². The van der Waals surface area contributed by atoms with Crippen LogP contribution in [0.5, 0.6) is 5.88 Å². The summed E-state index contributed by atoms with van der Waals surface area (Å²) in [6.07, 6.45) is 5.02. The van der Waals surface area contributed by atoms with Crippen LogP contribution in [0.4, 0.5) is 11.5 Å². The Morgan fingerprint density at radius 3 is 2.74 bits per heavy atom. The first kappa shape index (κ1) is 12.0. The summed E-state index contributed by atoms with van der Waals surface area (Å²) in [6, 6.07) is 12.3. The Kier molecular flexibility index (Phi) is 3.36. The highest BCUT2D eigenvalue weighted by molar-refractivity contribution is 5.58. The van der Waals surface area contributed by atoms with Crippen molar-refractivity contribution >= 4 is 11.5 Å². The van der Waals surface area contributed by atoms with Gasteiger partial charge >= 0.3 is 0 Å². The smallest absolute Gasteiger partial charge is 0.214 e. The third-order valence-electron chi connectivity index (χ3n) is 3.55. The van der Waals surface area contributed by atoms with Crippen LogP contribution in [0.25, 0.3) is 0 Å². The van der Waals surface area contributed by atoms with Gasteiger partial charge in [0.15, 0.2) is 0 Å². The Hall–Kier alpha value is -2.03. The van der Waals surface area contributed by atoms with Gasteiger partial charge in [-0.3, -0.25) is 0 Å². The number of hydrogen-bond donors (Lipinski definition) is 1. The molecule has 3 nitrogen and oxygen atoms in total. The molecule has 0 fully saturated rings. The molecule has 1 N–H and O–H groups in total.